The molecule has 0 fully saturated rings. The zero-order valence-corrected chi connectivity index (χ0v) is 8.50. The number of anilines is 1. The van der Waals surface area contributed by atoms with Crippen LogP contribution in [0.3, 0.4) is 0 Å². The summed E-state index contributed by atoms with van der Waals surface area (Å²) in [6.07, 6.45) is 1.33. The average molecular weight is 211 g/mol. The predicted molar refractivity (Wildman–Crippen MR) is 54.0 cm³/mol. The first-order valence-electron chi connectivity index (χ1n) is 4.37. The van der Waals surface area contributed by atoms with Gasteiger partial charge in [-0.25, -0.2) is 0 Å². The fraction of sp³-hybridized carbons (Fsp3) is 0.375. The molecule has 0 saturated heterocycles. The van der Waals surface area contributed by atoms with E-state index in [0.29, 0.717) is 0 Å². The molecule has 0 aliphatic heterocycles. The van der Waals surface area contributed by atoms with Crippen molar-refractivity contribution >= 4 is 17.5 Å². The highest BCUT2D eigenvalue weighted by molar-refractivity contribution is 5.99. The number of rotatable bonds is 3. The van der Waals surface area contributed by atoms with Crippen LogP contribution in [-0.4, -0.2) is 35.1 Å². The van der Waals surface area contributed by atoms with Gasteiger partial charge in [0.1, 0.15) is 11.7 Å². The molecule has 1 heterocycles. The third-order valence-corrected chi connectivity index (χ3v) is 1.88. The lowest BCUT2D eigenvalue weighted by Gasteiger charge is -2.11. The van der Waals surface area contributed by atoms with Gasteiger partial charge in [-0.2, -0.15) is 5.10 Å². The van der Waals surface area contributed by atoms with Gasteiger partial charge in [0.25, 0.3) is 5.91 Å². The minimum atomic E-state index is -0.620. The van der Waals surface area contributed by atoms with Crippen LogP contribution in [0.4, 0.5) is 5.69 Å². The summed E-state index contributed by atoms with van der Waals surface area (Å²) in [6, 6.07) is -0.620. The van der Waals surface area contributed by atoms with E-state index >= 15 is 0 Å². The molecule has 0 aliphatic carbocycles. The van der Waals surface area contributed by atoms with E-state index in [0.717, 1.165) is 0 Å². The Morgan fingerprint density at radius 2 is 2.27 bits per heavy atom. The van der Waals surface area contributed by atoms with Crippen molar-refractivity contribution in [2.24, 2.45) is 0 Å². The fourth-order valence-corrected chi connectivity index (χ4v) is 1.03. The molecule has 1 unspecified atom stereocenters. The SMILES string of the molecule is CNC(=O)C(C)NC(=O)c1[nH]ncc1N. The lowest BCUT2D eigenvalue weighted by molar-refractivity contribution is -0.122. The molecule has 1 atom stereocenters. The minimum Gasteiger partial charge on any atom is -0.396 e. The van der Waals surface area contributed by atoms with E-state index in [1.54, 1.807) is 6.92 Å². The first-order chi connectivity index (χ1) is 7.06. The van der Waals surface area contributed by atoms with Crippen molar-refractivity contribution in [2.45, 2.75) is 13.0 Å². The van der Waals surface area contributed by atoms with Gasteiger partial charge in [0, 0.05) is 7.05 Å². The first kappa shape index (κ1) is 11.0. The number of nitrogen functional groups attached to an aromatic ring is 1. The van der Waals surface area contributed by atoms with Crippen LogP contribution in [0, 0.1) is 0 Å². The summed E-state index contributed by atoms with van der Waals surface area (Å²) in [5.41, 5.74) is 5.88. The Morgan fingerprint density at radius 1 is 1.60 bits per heavy atom. The molecule has 0 spiro atoms. The second-order valence-electron chi connectivity index (χ2n) is 3.01. The molecular formula is C8H13N5O2. The van der Waals surface area contributed by atoms with Gasteiger partial charge in [-0.3, -0.25) is 14.7 Å². The number of aromatic nitrogens is 2. The Balaban J connectivity index is 2.64. The molecule has 0 aliphatic rings. The molecule has 0 bridgehead atoms. The van der Waals surface area contributed by atoms with Gasteiger partial charge in [-0.1, -0.05) is 0 Å². The third kappa shape index (κ3) is 2.46. The van der Waals surface area contributed by atoms with Gasteiger partial charge in [-0.05, 0) is 6.92 Å². The number of H-pyrrole nitrogens is 1. The maximum absolute atomic E-state index is 11.5. The van der Waals surface area contributed by atoms with Crippen molar-refractivity contribution in [1.82, 2.24) is 20.8 Å². The molecule has 7 heteroatoms. The van der Waals surface area contributed by atoms with Crippen molar-refractivity contribution in [3.05, 3.63) is 11.9 Å². The highest BCUT2D eigenvalue weighted by atomic mass is 16.2. The number of amides is 2. The van der Waals surface area contributed by atoms with Crippen LogP contribution in [-0.2, 0) is 4.79 Å². The van der Waals surface area contributed by atoms with E-state index in [1.165, 1.54) is 13.2 Å². The van der Waals surface area contributed by atoms with Gasteiger partial charge >= 0.3 is 0 Å². The molecule has 1 aromatic rings. The van der Waals surface area contributed by atoms with E-state index in [1.807, 2.05) is 0 Å². The van der Waals surface area contributed by atoms with E-state index in [-0.39, 0.29) is 17.3 Å². The van der Waals surface area contributed by atoms with Crippen molar-refractivity contribution in [1.29, 1.82) is 0 Å². The molecule has 1 rings (SSSR count). The van der Waals surface area contributed by atoms with Crippen LogP contribution in [0.1, 0.15) is 17.4 Å². The van der Waals surface area contributed by atoms with Gasteiger partial charge in [0.05, 0.1) is 11.9 Å². The minimum absolute atomic E-state index is 0.158. The maximum Gasteiger partial charge on any atom is 0.272 e. The Morgan fingerprint density at radius 3 is 2.73 bits per heavy atom. The summed E-state index contributed by atoms with van der Waals surface area (Å²) in [5.74, 6) is -0.734. The van der Waals surface area contributed by atoms with Crippen LogP contribution < -0.4 is 16.4 Å². The van der Waals surface area contributed by atoms with Crippen LogP contribution in [0.2, 0.25) is 0 Å². The number of hydrogen-bond donors (Lipinski definition) is 4. The van der Waals surface area contributed by atoms with Crippen molar-refractivity contribution in [3.63, 3.8) is 0 Å². The van der Waals surface area contributed by atoms with Crippen molar-refractivity contribution in [3.8, 4) is 0 Å². The Bertz CT molecular complexity index is 373. The molecule has 0 aromatic carbocycles. The monoisotopic (exact) mass is 211 g/mol. The van der Waals surface area contributed by atoms with Gasteiger partial charge in [0.15, 0.2) is 0 Å². The molecule has 2 amide bonds. The van der Waals surface area contributed by atoms with E-state index in [4.69, 9.17) is 5.73 Å². The number of carbonyl (C=O) groups is 2. The number of nitrogens with two attached hydrogens (primary N) is 1. The summed E-state index contributed by atoms with van der Waals surface area (Å²) in [4.78, 5) is 22.6. The number of likely N-dealkylation sites (N-methyl/N-ethyl adjacent to an activating group) is 1. The number of nitrogens with zero attached hydrogens (tertiary/aromatic N) is 1. The first-order valence-corrected chi connectivity index (χ1v) is 4.37. The normalized spacial score (nSPS) is 11.9. The topological polar surface area (TPSA) is 113 Å². The summed E-state index contributed by atoms with van der Waals surface area (Å²) >= 11 is 0. The van der Waals surface area contributed by atoms with Crippen LogP contribution in [0.5, 0.6) is 0 Å². The standard InChI is InChI=1S/C8H13N5O2/c1-4(7(14)10-2)12-8(15)6-5(9)3-11-13-6/h3-4H,9H2,1-2H3,(H,10,14)(H,11,13)(H,12,15). The van der Waals surface area contributed by atoms with Crippen LogP contribution >= 0.6 is 0 Å². The smallest absolute Gasteiger partial charge is 0.272 e. The molecule has 1 aromatic heterocycles. The van der Waals surface area contributed by atoms with Crippen molar-refractivity contribution < 1.29 is 9.59 Å². The molecule has 5 N–H and O–H groups in total. The van der Waals surface area contributed by atoms with E-state index in [2.05, 4.69) is 20.8 Å². The van der Waals surface area contributed by atoms with E-state index in [9.17, 15) is 9.59 Å². The van der Waals surface area contributed by atoms with Crippen LogP contribution in [0.25, 0.3) is 0 Å². The molecule has 0 radical (unpaired) electrons. The summed E-state index contributed by atoms with van der Waals surface area (Å²) in [6.45, 7) is 1.57. The van der Waals surface area contributed by atoms with Gasteiger partial charge < -0.3 is 16.4 Å². The number of carbonyl (C=O) groups excluding carboxylic acids is 2. The predicted octanol–water partition coefficient (Wildman–Crippen LogP) is -1.14. The largest absolute Gasteiger partial charge is 0.396 e. The lowest BCUT2D eigenvalue weighted by Crippen LogP contribution is -2.43. The maximum atomic E-state index is 11.5. The second-order valence-corrected chi connectivity index (χ2v) is 3.01. The fourth-order valence-electron chi connectivity index (χ4n) is 1.03. The number of aromatic amines is 1. The zero-order chi connectivity index (χ0) is 11.4. The van der Waals surface area contributed by atoms with Gasteiger partial charge in [-0.15, -0.1) is 0 Å². The molecule has 7 nitrogen and oxygen atoms in total. The van der Waals surface area contributed by atoms with Gasteiger partial charge in [0.2, 0.25) is 5.91 Å². The molecular weight excluding hydrogens is 198 g/mol. The summed E-state index contributed by atoms with van der Waals surface area (Å²) in [7, 11) is 1.50. The quantitative estimate of drug-likeness (QED) is 0.506. The highest BCUT2D eigenvalue weighted by Gasteiger charge is 2.17. The number of hydrogen-bond acceptors (Lipinski definition) is 4. The lowest BCUT2D eigenvalue weighted by atomic mass is 10.3. The Hall–Kier alpha value is -2.05. The zero-order valence-electron chi connectivity index (χ0n) is 8.50. The second kappa shape index (κ2) is 4.45. The summed E-state index contributed by atoms with van der Waals surface area (Å²) < 4.78 is 0. The highest BCUT2D eigenvalue weighted by Crippen LogP contribution is 2.05. The average Bonchev–Trinajstić information content (AvgIpc) is 2.63. The Labute approximate surface area is 86.4 Å². The molecule has 15 heavy (non-hydrogen) atoms. The summed E-state index contributed by atoms with van der Waals surface area (Å²) in [5, 5.41) is 10.9. The molecule has 0 saturated carbocycles. The third-order valence-electron chi connectivity index (χ3n) is 1.88. The number of nitrogens with one attached hydrogen (secondary N) is 3. The Kier molecular flexibility index (Phi) is 3.27. The molecule has 82 valence electrons. The van der Waals surface area contributed by atoms with E-state index < -0.39 is 11.9 Å². The van der Waals surface area contributed by atoms with Crippen LogP contribution in [0.15, 0.2) is 6.20 Å². The van der Waals surface area contributed by atoms with Crippen molar-refractivity contribution in [2.75, 3.05) is 12.8 Å².